The summed E-state index contributed by atoms with van der Waals surface area (Å²) in [6.07, 6.45) is 2.43. The highest BCUT2D eigenvalue weighted by atomic mass is 16.5. The lowest BCUT2D eigenvalue weighted by Gasteiger charge is -2.36. The van der Waals surface area contributed by atoms with E-state index in [-0.39, 0.29) is 11.5 Å². The monoisotopic (exact) mass is 263 g/mol. The molecule has 2 heteroatoms. The summed E-state index contributed by atoms with van der Waals surface area (Å²) in [5, 5.41) is 3.61. The summed E-state index contributed by atoms with van der Waals surface area (Å²) in [5.74, 6) is 0. The normalized spacial score (nSPS) is 16.3. The topological polar surface area (TPSA) is 21.3 Å². The Kier molecular flexibility index (Phi) is 6.53. The Balaban J connectivity index is 2.99. The van der Waals surface area contributed by atoms with Gasteiger partial charge in [0.2, 0.25) is 0 Å². The van der Waals surface area contributed by atoms with Crippen LogP contribution >= 0.6 is 0 Å². The van der Waals surface area contributed by atoms with Crippen LogP contribution in [0.15, 0.2) is 30.3 Å². The van der Waals surface area contributed by atoms with E-state index in [1.165, 1.54) is 5.56 Å². The van der Waals surface area contributed by atoms with E-state index in [9.17, 15) is 0 Å². The van der Waals surface area contributed by atoms with Crippen molar-refractivity contribution in [3.8, 4) is 0 Å². The number of rotatable bonds is 8. The van der Waals surface area contributed by atoms with E-state index in [2.05, 4.69) is 63.3 Å². The van der Waals surface area contributed by atoms with E-state index in [4.69, 9.17) is 4.74 Å². The molecule has 0 spiro atoms. The minimum absolute atomic E-state index is 0.154. The average molecular weight is 263 g/mol. The molecule has 0 heterocycles. The van der Waals surface area contributed by atoms with Crippen molar-refractivity contribution >= 4 is 0 Å². The highest BCUT2D eigenvalue weighted by Gasteiger charge is 2.32. The van der Waals surface area contributed by atoms with Crippen LogP contribution in [0.5, 0.6) is 0 Å². The Hall–Kier alpha value is -0.860. The van der Waals surface area contributed by atoms with E-state index in [1.54, 1.807) is 7.11 Å². The Morgan fingerprint density at radius 1 is 1.16 bits per heavy atom. The molecule has 0 aliphatic carbocycles. The number of methoxy groups -OCH3 is 1. The van der Waals surface area contributed by atoms with Gasteiger partial charge in [-0.2, -0.15) is 0 Å². The Labute approximate surface area is 118 Å². The minimum atomic E-state index is 0.154. The van der Waals surface area contributed by atoms with E-state index in [0.717, 1.165) is 19.4 Å². The Morgan fingerprint density at radius 3 is 2.26 bits per heavy atom. The first-order chi connectivity index (χ1) is 9.04. The first kappa shape index (κ1) is 16.2. The van der Waals surface area contributed by atoms with Crippen LogP contribution in [0, 0.1) is 0 Å². The lowest BCUT2D eigenvalue weighted by Crippen LogP contribution is -2.42. The predicted octanol–water partition coefficient (Wildman–Crippen LogP) is 3.76. The molecule has 0 saturated heterocycles. The second-order valence-corrected chi connectivity index (χ2v) is 5.79. The molecule has 0 aliphatic heterocycles. The van der Waals surface area contributed by atoms with Crippen molar-refractivity contribution in [2.24, 2.45) is 0 Å². The molecule has 1 aromatic rings. The summed E-state index contributed by atoms with van der Waals surface area (Å²) in [6, 6.07) is 11.3. The van der Waals surface area contributed by atoms with E-state index < -0.39 is 0 Å². The van der Waals surface area contributed by atoms with Crippen molar-refractivity contribution in [1.29, 1.82) is 0 Å². The second kappa shape index (κ2) is 7.66. The van der Waals surface area contributed by atoms with E-state index >= 15 is 0 Å². The molecule has 2 unspecified atom stereocenters. The molecule has 1 N–H and O–H groups in total. The zero-order valence-electron chi connectivity index (χ0n) is 13.1. The zero-order valence-corrected chi connectivity index (χ0v) is 13.1. The molecule has 0 aliphatic rings. The molecule has 19 heavy (non-hydrogen) atoms. The number of hydrogen-bond donors (Lipinski definition) is 1. The summed E-state index contributed by atoms with van der Waals surface area (Å²) < 4.78 is 5.51. The van der Waals surface area contributed by atoms with Crippen LogP contribution in [0.4, 0.5) is 0 Å². The molecular formula is C17H29NO. The third kappa shape index (κ3) is 4.63. The van der Waals surface area contributed by atoms with Gasteiger partial charge in [-0.15, -0.1) is 0 Å². The number of hydrogen-bond acceptors (Lipinski definition) is 2. The fraction of sp³-hybridized carbons (Fsp3) is 0.647. The molecule has 0 saturated carbocycles. The number of nitrogens with one attached hydrogen (secondary N) is 1. The molecule has 0 amide bonds. The summed E-state index contributed by atoms with van der Waals surface area (Å²) in [4.78, 5) is 0. The van der Waals surface area contributed by atoms with Gasteiger partial charge in [-0.1, -0.05) is 51.1 Å². The maximum atomic E-state index is 5.51. The first-order valence-electron chi connectivity index (χ1n) is 7.35. The lowest BCUT2D eigenvalue weighted by molar-refractivity contribution is 0.0841. The van der Waals surface area contributed by atoms with Gasteiger partial charge in [0.1, 0.15) is 0 Å². The lowest BCUT2D eigenvalue weighted by atomic mass is 9.73. The average Bonchev–Trinajstić information content (AvgIpc) is 2.44. The van der Waals surface area contributed by atoms with E-state index in [1.807, 2.05) is 0 Å². The summed E-state index contributed by atoms with van der Waals surface area (Å²) in [5.41, 5.74) is 1.57. The maximum absolute atomic E-state index is 5.51. The molecule has 2 nitrogen and oxygen atoms in total. The quantitative estimate of drug-likeness (QED) is 0.771. The first-order valence-corrected chi connectivity index (χ1v) is 7.35. The van der Waals surface area contributed by atoms with Crippen LogP contribution in [0.2, 0.25) is 0 Å². The number of benzene rings is 1. The highest BCUT2D eigenvalue weighted by molar-refractivity contribution is 5.26. The van der Waals surface area contributed by atoms with Crippen LogP contribution in [-0.4, -0.2) is 25.8 Å². The van der Waals surface area contributed by atoms with Crippen molar-refractivity contribution in [1.82, 2.24) is 5.32 Å². The van der Waals surface area contributed by atoms with Gasteiger partial charge in [0, 0.05) is 25.1 Å². The molecule has 0 aromatic heterocycles. The molecule has 2 atom stereocenters. The maximum Gasteiger partial charge on any atom is 0.0552 e. The van der Waals surface area contributed by atoms with Crippen LogP contribution in [0.1, 0.15) is 46.1 Å². The van der Waals surface area contributed by atoms with Crippen molar-refractivity contribution in [2.75, 3.05) is 13.7 Å². The SMILES string of the molecule is CCC(CNC(C)C)(CC(C)OC)c1ccccc1. The van der Waals surface area contributed by atoms with Crippen LogP contribution in [0.25, 0.3) is 0 Å². The zero-order chi connectivity index (χ0) is 14.3. The highest BCUT2D eigenvalue weighted by Crippen LogP contribution is 2.33. The molecule has 0 fully saturated rings. The van der Waals surface area contributed by atoms with Crippen molar-refractivity contribution in [2.45, 2.75) is 58.1 Å². The molecule has 0 bridgehead atoms. The van der Waals surface area contributed by atoms with Gasteiger partial charge in [0.15, 0.2) is 0 Å². The standard InChI is InChI=1S/C17H29NO/c1-6-17(12-15(4)19-5,13-18-14(2)3)16-10-8-7-9-11-16/h7-11,14-15,18H,6,12-13H2,1-5H3. The summed E-state index contributed by atoms with van der Waals surface area (Å²) >= 11 is 0. The van der Waals surface area contributed by atoms with Gasteiger partial charge in [-0.25, -0.2) is 0 Å². The molecule has 108 valence electrons. The second-order valence-electron chi connectivity index (χ2n) is 5.79. The third-order valence-corrected chi connectivity index (χ3v) is 3.99. The van der Waals surface area contributed by atoms with Crippen molar-refractivity contribution in [3.63, 3.8) is 0 Å². The van der Waals surface area contributed by atoms with Crippen LogP contribution < -0.4 is 5.32 Å². The fourth-order valence-corrected chi connectivity index (χ4v) is 2.59. The van der Waals surface area contributed by atoms with Crippen LogP contribution in [-0.2, 0) is 10.2 Å². The van der Waals surface area contributed by atoms with Crippen molar-refractivity contribution in [3.05, 3.63) is 35.9 Å². The smallest absolute Gasteiger partial charge is 0.0552 e. The van der Waals surface area contributed by atoms with Gasteiger partial charge in [-0.05, 0) is 25.3 Å². The minimum Gasteiger partial charge on any atom is -0.382 e. The van der Waals surface area contributed by atoms with Gasteiger partial charge in [-0.3, -0.25) is 0 Å². The van der Waals surface area contributed by atoms with Crippen LogP contribution in [0.3, 0.4) is 0 Å². The largest absolute Gasteiger partial charge is 0.382 e. The predicted molar refractivity (Wildman–Crippen MR) is 82.6 cm³/mol. The summed E-state index contributed by atoms with van der Waals surface area (Å²) in [6.45, 7) is 9.83. The summed E-state index contributed by atoms with van der Waals surface area (Å²) in [7, 11) is 1.80. The number of ether oxygens (including phenoxy) is 1. The fourth-order valence-electron chi connectivity index (χ4n) is 2.59. The van der Waals surface area contributed by atoms with Gasteiger partial charge < -0.3 is 10.1 Å². The van der Waals surface area contributed by atoms with Gasteiger partial charge in [0.05, 0.1) is 6.10 Å². The van der Waals surface area contributed by atoms with E-state index in [0.29, 0.717) is 6.04 Å². The molecule has 1 aromatic carbocycles. The molecule has 1 rings (SSSR count). The Bertz CT molecular complexity index is 350. The van der Waals surface area contributed by atoms with Crippen molar-refractivity contribution < 1.29 is 4.74 Å². The third-order valence-electron chi connectivity index (χ3n) is 3.99. The molecular weight excluding hydrogens is 234 g/mol. The van der Waals surface area contributed by atoms with Gasteiger partial charge >= 0.3 is 0 Å². The van der Waals surface area contributed by atoms with Gasteiger partial charge in [0.25, 0.3) is 0 Å². The molecule has 0 radical (unpaired) electrons. The Morgan fingerprint density at radius 2 is 1.79 bits per heavy atom.